The Morgan fingerprint density at radius 2 is 1.50 bits per heavy atom. The summed E-state index contributed by atoms with van der Waals surface area (Å²) < 4.78 is 0. The molecule has 0 atom stereocenters. The average molecular weight is 295 g/mol. The number of benzene rings is 2. The monoisotopic (exact) mass is 295 g/mol. The minimum atomic E-state index is -0.214. The van der Waals surface area contributed by atoms with Crippen LogP contribution in [0.5, 0.6) is 0 Å². The minimum absolute atomic E-state index is 0.0518. The molecule has 114 valence electrons. The van der Waals surface area contributed by atoms with Crippen LogP contribution < -0.4 is 5.32 Å². The van der Waals surface area contributed by atoms with E-state index in [-0.39, 0.29) is 17.1 Å². The molecule has 0 aliphatic rings. The predicted molar refractivity (Wildman–Crippen MR) is 89.5 cm³/mol. The van der Waals surface area contributed by atoms with Crippen molar-refractivity contribution in [1.82, 2.24) is 0 Å². The fourth-order valence-corrected chi connectivity index (χ4v) is 2.22. The molecule has 0 spiro atoms. The molecule has 0 aliphatic heterocycles. The molecule has 0 saturated carbocycles. The summed E-state index contributed by atoms with van der Waals surface area (Å²) in [4.78, 5) is 23.9. The van der Waals surface area contributed by atoms with Crippen LogP contribution in [0.4, 0.5) is 5.69 Å². The van der Waals surface area contributed by atoms with Gasteiger partial charge in [0.1, 0.15) is 0 Å². The number of carbonyl (C=O) groups is 2. The lowest BCUT2D eigenvalue weighted by atomic mass is 9.86. The van der Waals surface area contributed by atoms with Crippen molar-refractivity contribution < 1.29 is 9.59 Å². The molecule has 0 unspecified atom stereocenters. The van der Waals surface area contributed by atoms with Gasteiger partial charge in [-0.15, -0.1) is 0 Å². The molecule has 2 aromatic carbocycles. The Balaban J connectivity index is 2.22. The van der Waals surface area contributed by atoms with E-state index >= 15 is 0 Å². The highest BCUT2D eigenvalue weighted by atomic mass is 16.1. The number of rotatable bonds is 3. The van der Waals surface area contributed by atoms with Crippen LogP contribution in [0.1, 0.15) is 54.0 Å². The van der Waals surface area contributed by atoms with Gasteiger partial charge in [0.2, 0.25) is 0 Å². The van der Waals surface area contributed by atoms with Gasteiger partial charge in [0.15, 0.2) is 5.78 Å². The zero-order chi connectivity index (χ0) is 16.3. The summed E-state index contributed by atoms with van der Waals surface area (Å²) in [5, 5.41) is 2.81. The molecule has 3 heteroatoms. The fourth-order valence-electron chi connectivity index (χ4n) is 2.22. The molecule has 3 nitrogen and oxygen atoms in total. The Morgan fingerprint density at radius 3 is 2.05 bits per heavy atom. The first-order valence-corrected chi connectivity index (χ1v) is 7.31. The van der Waals surface area contributed by atoms with E-state index in [0.29, 0.717) is 16.8 Å². The summed E-state index contributed by atoms with van der Waals surface area (Å²) in [6, 6.07) is 14.6. The largest absolute Gasteiger partial charge is 0.321 e. The molecule has 2 aromatic rings. The number of nitrogens with one attached hydrogen (secondary N) is 1. The van der Waals surface area contributed by atoms with Crippen LogP contribution in [0.25, 0.3) is 0 Å². The van der Waals surface area contributed by atoms with Crippen molar-refractivity contribution in [3.05, 3.63) is 65.2 Å². The summed E-state index contributed by atoms with van der Waals surface area (Å²) in [5.41, 5.74) is 2.86. The molecule has 0 saturated heterocycles. The number of hydrogen-bond acceptors (Lipinski definition) is 2. The Labute approximate surface area is 131 Å². The molecule has 0 aliphatic carbocycles. The lowest BCUT2D eigenvalue weighted by molar-refractivity contribution is 0.101. The number of ketones is 1. The second-order valence-electron chi connectivity index (χ2n) is 6.38. The third kappa shape index (κ3) is 3.61. The number of hydrogen-bond donors (Lipinski definition) is 1. The summed E-state index contributed by atoms with van der Waals surface area (Å²) in [5.74, 6) is -0.284. The van der Waals surface area contributed by atoms with E-state index in [1.807, 2.05) is 24.3 Å². The predicted octanol–water partition coefficient (Wildman–Crippen LogP) is 4.44. The fraction of sp³-hybridized carbons (Fsp3) is 0.263. The highest BCUT2D eigenvalue weighted by molar-refractivity contribution is 6.08. The van der Waals surface area contributed by atoms with Gasteiger partial charge in [0.25, 0.3) is 5.91 Å². The van der Waals surface area contributed by atoms with Gasteiger partial charge >= 0.3 is 0 Å². The lowest BCUT2D eigenvalue weighted by Crippen LogP contribution is -2.15. The van der Waals surface area contributed by atoms with Crippen molar-refractivity contribution in [1.29, 1.82) is 0 Å². The van der Waals surface area contributed by atoms with E-state index in [1.165, 1.54) is 12.5 Å². The summed E-state index contributed by atoms with van der Waals surface area (Å²) in [7, 11) is 0. The van der Waals surface area contributed by atoms with Crippen molar-refractivity contribution in [2.24, 2.45) is 0 Å². The van der Waals surface area contributed by atoms with Crippen LogP contribution in [0.3, 0.4) is 0 Å². The van der Waals surface area contributed by atoms with Crippen molar-refractivity contribution in [3.8, 4) is 0 Å². The van der Waals surface area contributed by atoms with E-state index in [1.54, 1.807) is 24.3 Å². The molecule has 0 bridgehead atoms. The van der Waals surface area contributed by atoms with Gasteiger partial charge in [-0.2, -0.15) is 0 Å². The minimum Gasteiger partial charge on any atom is -0.321 e. The number of para-hydroxylation sites is 1. The zero-order valence-electron chi connectivity index (χ0n) is 13.4. The Kier molecular flexibility index (Phi) is 4.45. The smallest absolute Gasteiger partial charge is 0.255 e. The number of carbonyl (C=O) groups excluding carboxylic acids is 2. The molecule has 2 rings (SSSR count). The molecule has 0 aromatic heterocycles. The third-order valence-corrected chi connectivity index (χ3v) is 3.57. The van der Waals surface area contributed by atoms with Crippen LogP contribution in [0.15, 0.2) is 48.5 Å². The van der Waals surface area contributed by atoms with E-state index in [4.69, 9.17) is 0 Å². The molecule has 0 heterocycles. The second-order valence-corrected chi connectivity index (χ2v) is 6.38. The Morgan fingerprint density at radius 1 is 0.909 bits per heavy atom. The molecule has 0 fully saturated rings. The second kappa shape index (κ2) is 6.14. The Bertz CT molecular complexity index is 694. The quantitative estimate of drug-likeness (QED) is 0.851. The summed E-state index contributed by atoms with van der Waals surface area (Å²) >= 11 is 0. The average Bonchev–Trinajstić information content (AvgIpc) is 2.46. The maximum Gasteiger partial charge on any atom is 0.255 e. The zero-order valence-corrected chi connectivity index (χ0v) is 13.4. The number of anilines is 1. The molecule has 0 radical (unpaired) electrons. The first-order chi connectivity index (χ1) is 10.3. The normalized spacial score (nSPS) is 11.1. The number of amides is 1. The first-order valence-electron chi connectivity index (χ1n) is 7.31. The van der Waals surface area contributed by atoms with E-state index in [2.05, 4.69) is 26.1 Å². The molecule has 1 N–H and O–H groups in total. The van der Waals surface area contributed by atoms with E-state index < -0.39 is 0 Å². The SMILES string of the molecule is CC(=O)c1ccccc1NC(=O)c1ccc(C(C)(C)C)cc1. The van der Waals surface area contributed by atoms with Gasteiger partial charge in [-0.1, -0.05) is 45.0 Å². The molecule has 1 amide bonds. The van der Waals surface area contributed by atoms with Crippen molar-refractivity contribution in [2.75, 3.05) is 5.32 Å². The highest BCUT2D eigenvalue weighted by Crippen LogP contribution is 2.23. The van der Waals surface area contributed by atoms with Crippen molar-refractivity contribution >= 4 is 17.4 Å². The Hall–Kier alpha value is -2.42. The van der Waals surface area contributed by atoms with E-state index in [0.717, 1.165) is 0 Å². The highest BCUT2D eigenvalue weighted by Gasteiger charge is 2.15. The van der Waals surface area contributed by atoms with Crippen molar-refractivity contribution in [3.63, 3.8) is 0 Å². The van der Waals surface area contributed by atoms with Crippen LogP contribution in [-0.4, -0.2) is 11.7 Å². The van der Waals surface area contributed by atoms with Gasteiger partial charge in [-0.3, -0.25) is 9.59 Å². The first kappa shape index (κ1) is 16.0. The van der Waals surface area contributed by atoms with Crippen LogP contribution in [-0.2, 0) is 5.41 Å². The maximum absolute atomic E-state index is 12.3. The van der Waals surface area contributed by atoms with Crippen LogP contribution >= 0.6 is 0 Å². The van der Waals surface area contributed by atoms with Gasteiger partial charge in [-0.25, -0.2) is 0 Å². The topological polar surface area (TPSA) is 46.2 Å². The molecule has 22 heavy (non-hydrogen) atoms. The van der Waals surface area contributed by atoms with Crippen LogP contribution in [0.2, 0.25) is 0 Å². The standard InChI is InChI=1S/C19H21NO2/c1-13(21)16-7-5-6-8-17(16)20-18(22)14-9-11-15(12-10-14)19(2,3)4/h5-12H,1-4H3,(H,20,22). The van der Waals surface area contributed by atoms with Gasteiger partial charge < -0.3 is 5.32 Å². The number of Topliss-reactive ketones (excluding diaryl/α,β-unsaturated/α-hetero) is 1. The van der Waals surface area contributed by atoms with Crippen LogP contribution in [0, 0.1) is 0 Å². The maximum atomic E-state index is 12.3. The van der Waals surface area contributed by atoms with Gasteiger partial charge in [-0.05, 0) is 42.2 Å². The van der Waals surface area contributed by atoms with Crippen molar-refractivity contribution in [2.45, 2.75) is 33.1 Å². The summed E-state index contributed by atoms with van der Waals surface area (Å²) in [6.07, 6.45) is 0. The van der Waals surface area contributed by atoms with Gasteiger partial charge in [0, 0.05) is 11.1 Å². The third-order valence-electron chi connectivity index (χ3n) is 3.57. The van der Waals surface area contributed by atoms with Gasteiger partial charge in [0.05, 0.1) is 5.69 Å². The van der Waals surface area contributed by atoms with E-state index in [9.17, 15) is 9.59 Å². The summed E-state index contributed by atoms with van der Waals surface area (Å²) in [6.45, 7) is 7.88. The molecular formula is C19H21NO2. The molecular weight excluding hydrogens is 274 g/mol. The lowest BCUT2D eigenvalue weighted by Gasteiger charge is -2.19.